The normalized spacial score (nSPS) is 16.3. The Morgan fingerprint density at radius 1 is 1.16 bits per heavy atom. The van der Waals surface area contributed by atoms with Gasteiger partial charge in [-0.05, 0) is 44.0 Å². The minimum atomic E-state index is -1.05. The molecule has 0 spiro atoms. The van der Waals surface area contributed by atoms with Gasteiger partial charge in [-0.25, -0.2) is 4.79 Å². The van der Waals surface area contributed by atoms with E-state index in [1.54, 1.807) is 31.2 Å². The number of hydrogen-bond acceptors (Lipinski definition) is 8. The third-order valence-electron chi connectivity index (χ3n) is 7.15. The SMILES string of the molecule is CCOC(=O)C1CCCN(c2cc(Nc3cccc(C(=O)O)c3)c3c4c(onc24)-c2ccccc2C3=O)C1. The molecule has 0 amide bonds. The lowest BCUT2D eigenvalue weighted by Crippen LogP contribution is -2.39. The summed E-state index contributed by atoms with van der Waals surface area (Å²) < 4.78 is 11.1. The van der Waals surface area contributed by atoms with Gasteiger partial charge in [-0.3, -0.25) is 9.59 Å². The van der Waals surface area contributed by atoms with Gasteiger partial charge in [0.05, 0.1) is 40.4 Å². The van der Waals surface area contributed by atoms with Gasteiger partial charge in [0.15, 0.2) is 11.5 Å². The van der Waals surface area contributed by atoms with E-state index in [-0.39, 0.29) is 23.2 Å². The molecule has 0 radical (unpaired) electrons. The molecule has 0 saturated carbocycles. The van der Waals surface area contributed by atoms with Crippen LogP contribution in [0.15, 0.2) is 59.1 Å². The number of esters is 1. The Morgan fingerprint density at radius 3 is 2.76 bits per heavy atom. The van der Waals surface area contributed by atoms with E-state index in [2.05, 4.69) is 15.4 Å². The molecule has 1 aliphatic heterocycles. The molecule has 9 nitrogen and oxygen atoms in total. The second kappa shape index (κ2) is 9.33. The summed E-state index contributed by atoms with van der Waals surface area (Å²) >= 11 is 0. The molecule has 2 N–H and O–H groups in total. The van der Waals surface area contributed by atoms with Gasteiger partial charge in [0.1, 0.15) is 5.52 Å². The van der Waals surface area contributed by atoms with Gasteiger partial charge in [0.2, 0.25) is 0 Å². The third-order valence-corrected chi connectivity index (χ3v) is 7.15. The fourth-order valence-electron chi connectivity index (χ4n) is 5.42. The number of aromatic nitrogens is 1. The number of aromatic carboxylic acids is 1. The zero-order valence-electron chi connectivity index (χ0n) is 20.7. The summed E-state index contributed by atoms with van der Waals surface area (Å²) in [7, 11) is 0. The van der Waals surface area contributed by atoms with Crippen LogP contribution in [0.4, 0.5) is 17.1 Å². The number of fused-ring (bicyclic) bond motifs is 2. The molecule has 2 aliphatic rings. The van der Waals surface area contributed by atoms with Crippen molar-refractivity contribution in [1.29, 1.82) is 0 Å². The molecule has 4 aromatic rings. The van der Waals surface area contributed by atoms with Gasteiger partial charge in [0, 0.05) is 29.9 Å². The van der Waals surface area contributed by atoms with Crippen LogP contribution in [-0.2, 0) is 9.53 Å². The van der Waals surface area contributed by atoms with Crippen molar-refractivity contribution in [3.8, 4) is 11.3 Å². The number of piperidine rings is 1. The molecule has 2 heterocycles. The van der Waals surface area contributed by atoms with Crippen LogP contribution in [0.2, 0.25) is 0 Å². The number of anilines is 3. The smallest absolute Gasteiger partial charge is 0.335 e. The number of carbonyl (C=O) groups is 3. The lowest BCUT2D eigenvalue weighted by molar-refractivity contribution is -0.148. The van der Waals surface area contributed by atoms with Crippen LogP contribution in [-0.4, -0.2) is 47.7 Å². The molecule has 0 bridgehead atoms. The molecule has 6 rings (SSSR count). The molecule has 38 heavy (non-hydrogen) atoms. The summed E-state index contributed by atoms with van der Waals surface area (Å²) in [6.07, 6.45) is 1.53. The number of carboxylic acid groups (broad SMARTS) is 1. The van der Waals surface area contributed by atoms with E-state index in [0.29, 0.717) is 64.4 Å². The second-order valence-electron chi connectivity index (χ2n) is 9.48. The van der Waals surface area contributed by atoms with E-state index >= 15 is 0 Å². The molecule has 192 valence electrons. The maximum atomic E-state index is 13.8. The van der Waals surface area contributed by atoms with E-state index in [9.17, 15) is 19.5 Å². The minimum absolute atomic E-state index is 0.126. The van der Waals surface area contributed by atoms with Gasteiger partial charge < -0.3 is 24.6 Å². The van der Waals surface area contributed by atoms with Gasteiger partial charge in [-0.1, -0.05) is 35.5 Å². The summed E-state index contributed by atoms with van der Waals surface area (Å²) in [6, 6.07) is 15.5. The van der Waals surface area contributed by atoms with Crippen molar-refractivity contribution in [1.82, 2.24) is 5.16 Å². The third kappa shape index (κ3) is 3.87. The Morgan fingerprint density at radius 2 is 1.97 bits per heavy atom. The van der Waals surface area contributed by atoms with Gasteiger partial charge >= 0.3 is 11.9 Å². The van der Waals surface area contributed by atoms with Crippen LogP contribution in [0.25, 0.3) is 22.2 Å². The number of carbonyl (C=O) groups excluding carboxylic acids is 2. The molecule has 1 fully saturated rings. The monoisotopic (exact) mass is 511 g/mol. The van der Waals surface area contributed by atoms with E-state index in [1.165, 1.54) is 12.1 Å². The largest absolute Gasteiger partial charge is 0.478 e. The predicted octanol–water partition coefficient (Wildman–Crippen LogP) is 5.26. The first kappa shape index (κ1) is 23.7. The first-order valence-electron chi connectivity index (χ1n) is 12.6. The number of nitrogens with one attached hydrogen (secondary N) is 1. The zero-order chi connectivity index (χ0) is 26.4. The Kier molecular flexibility index (Phi) is 5.83. The number of nitrogens with zero attached hydrogens (tertiary/aromatic N) is 2. The highest BCUT2D eigenvalue weighted by Gasteiger charge is 2.35. The molecule has 9 heteroatoms. The van der Waals surface area contributed by atoms with Crippen LogP contribution in [0.1, 0.15) is 46.0 Å². The number of ketones is 1. The molecular formula is C29H25N3O6. The standard InChI is InChI=1S/C29H25N3O6/c1-2-37-29(36)17-8-6-12-32(15-17)22-14-21(30-18-9-5-7-16(13-18)28(34)35)23-24-25(22)31-38-27(24)20-11-4-3-10-19(20)26(23)33/h3-5,7,9-11,13-14,17,30H,2,6,8,12,15H2,1H3,(H,34,35). The highest BCUT2D eigenvalue weighted by Crippen LogP contribution is 2.46. The Bertz CT molecular complexity index is 1610. The van der Waals surface area contributed by atoms with E-state index in [1.807, 2.05) is 18.2 Å². The van der Waals surface area contributed by atoms with Gasteiger partial charge in [0.25, 0.3) is 0 Å². The topological polar surface area (TPSA) is 122 Å². The van der Waals surface area contributed by atoms with Crippen LogP contribution < -0.4 is 10.2 Å². The second-order valence-corrected chi connectivity index (χ2v) is 9.48. The van der Waals surface area contributed by atoms with Crippen molar-refractivity contribution in [2.24, 2.45) is 5.92 Å². The number of carboxylic acids is 1. The van der Waals surface area contributed by atoms with E-state index in [4.69, 9.17) is 9.26 Å². The average Bonchev–Trinajstić information content (AvgIpc) is 3.37. The highest BCUT2D eigenvalue weighted by atomic mass is 16.5. The molecule has 1 atom stereocenters. The summed E-state index contributed by atoms with van der Waals surface area (Å²) in [4.78, 5) is 40.0. The van der Waals surface area contributed by atoms with Crippen molar-refractivity contribution in [2.75, 3.05) is 29.9 Å². The molecule has 3 aromatic carbocycles. The van der Waals surface area contributed by atoms with Crippen LogP contribution >= 0.6 is 0 Å². The van der Waals surface area contributed by atoms with Crippen molar-refractivity contribution < 1.29 is 28.8 Å². The van der Waals surface area contributed by atoms with Crippen molar-refractivity contribution in [3.63, 3.8) is 0 Å². The van der Waals surface area contributed by atoms with Crippen LogP contribution in [0, 0.1) is 5.92 Å². The van der Waals surface area contributed by atoms with Crippen molar-refractivity contribution in [2.45, 2.75) is 19.8 Å². The lowest BCUT2D eigenvalue weighted by atomic mass is 9.86. The number of rotatable bonds is 6. The van der Waals surface area contributed by atoms with Crippen molar-refractivity contribution in [3.05, 3.63) is 71.3 Å². The Hall–Kier alpha value is -4.66. The van der Waals surface area contributed by atoms with Crippen molar-refractivity contribution >= 4 is 45.7 Å². The molecule has 1 aliphatic carbocycles. The molecule has 1 saturated heterocycles. The number of benzene rings is 3. The number of hydrogen-bond donors (Lipinski definition) is 2. The Labute approximate surface area is 218 Å². The first-order chi connectivity index (χ1) is 18.5. The first-order valence-corrected chi connectivity index (χ1v) is 12.6. The van der Waals surface area contributed by atoms with E-state index < -0.39 is 5.97 Å². The molecule has 1 unspecified atom stereocenters. The van der Waals surface area contributed by atoms with Crippen LogP contribution in [0.3, 0.4) is 0 Å². The zero-order valence-corrected chi connectivity index (χ0v) is 20.7. The lowest BCUT2D eigenvalue weighted by Gasteiger charge is -2.34. The predicted molar refractivity (Wildman–Crippen MR) is 141 cm³/mol. The minimum Gasteiger partial charge on any atom is -0.478 e. The Balaban J connectivity index is 1.52. The van der Waals surface area contributed by atoms with E-state index in [0.717, 1.165) is 18.5 Å². The van der Waals surface area contributed by atoms with Crippen LogP contribution in [0.5, 0.6) is 0 Å². The highest BCUT2D eigenvalue weighted by molar-refractivity contribution is 6.28. The summed E-state index contributed by atoms with van der Waals surface area (Å²) in [5, 5.41) is 17.7. The fourth-order valence-corrected chi connectivity index (χ4v) is 5.42. The fraction of sp³-hybridized carbons (Fsp3) is 0.241. The van der Waals surface area contributed by atoms with Gasteiger partial charge in [-0.2, -0.15) is 0 Å². The summed E-state index contributed by atoms with van der Waals surface area (Å²) in [5.74, 6) is -1.21. The molecule has 1 aromatic heterocycles. The average molecular weight is 512 g/mol. The summed E-state index contributed by atoms with van der Waals surface area (Å²) in [5.41, 5.74) is 4.04. The maximum Gasteiger partial charge on any atom is 0.335 e. The maximum absolute atomic E-state index is 13.8. The number of ether oxygens (including phenoxy) is 1. The summed E-state index contributed by atoms with van der Waals surface area (Å²) in [6.45, 7) is 3.27. The van der Waals surface area contributed by atoms with Gasteiger partial charge in [-0.15, -0.1) is 0 Å². The molecular weight excluding hydrogens is 486 g/mol. The quantitative estimate of drug-likeness (QED) is 0.294.